The number of aromatic amines is 1. The Morgan fingerprint density at radius 3 is 2.38 bits per heavy atom. The van der Waals surface area contributed by atoms with Gasteiger partial charge in [-0.2, -0.15) is 0 Å². The van der Waals surface area contributed by atoms with Gasteiger partial charge in [0.05, 0.1) is 17.7 Å². The summed E-state index contributed by atoms with van der Waals surface area (Å²) < 4.78 is 28.5. The monoisotopic (exact) mass is 469 g/mol. The molecule has 0 bridgehead atoms. The molecule has 11 heteroatoms. The predicted octanol–water partition coefficient (Wildman–Crippen LogP) is 2.70. The Morgan fingerprint density at radius 2 is 1.71 bits per heavy atom. The van der Waals surface area contributed by atoms with Gasteiger partial charge < -0.3 is 10.3 Å². The lowest BCUT2D eigenvalue weighted by atomic mass is 9.80. The van der Waals surface area contributed by atoms with Crippen molar-refractivity contribution in [2.45, 2.75) is 44.1 Å². The second kappa shape index (κ2) is 7.57. The van der Waals surface area contributed by atoms with Crippen LogP contribution < -0.4 is 11.0 Å². The number of rotatable bonds is 4. The molecule has 9 nitrogen and oxygen atoms in total. The van der Waals surface area contributed by atoms with Crippen molar-refractivity contribution in [3.63, 3.8) is 0 Å². The van der Waals surface area contributed by atoms with Crippen molar-refractivity contribution in [1.29, 1.82) is 0 Å². The maximum absolute atomic E-state index is 13.5. The largest absolute Gasteiger partial charge is 0.332 e. The Balaban J connectivity index is 1.34. The van der Waals surface area contributed by atoms with E-state index >= 15 is 0 Å². The second-order valence-corrected chi connectivity index (χ2v) is 8.82. The van der Waals surface area contributed by atoms with Crippen molar-refractivity contribution >= 4 is 28.9 Å². The summed E-state index contributed by atoms with van der Waals surface area (Å²) >= 11 is 0. The highest BCUT2D eigenvalue weighted by atomic mass is 19.3. The van der Waals surface area contributed by atoms with Gasteiger partial charge in [0.2, 0.25) is 5.92 Å². The number of halogens is 2. The molecule has 2 aliphatic rings. The lowest BCUT2D eigenvalue weighted by Gasteiger charge is -2.34. The van der Waals surface area contributed by atoms with Gasteiger partial charge in [0, 0.05) is 24.1 Å². The number of Topliss-reactive ketones (excluding diaryl/α,β-unsaturated/α-hetero) is 1. The molecule has 1 aromatic carbocycles. The number of H-pyrrole nitrogens is 1. The predicted molar refractivity (Wildman–Crippen MR) is 117 cm³/mol. The lowest BCUT2D eigenvalue weighted by molar-refractivity contribution is -0.135. The van der Waals surface area contributed by atoms with Crippen molar-refractivity contribution in [3.05, 3.63) is 58.1 Å². The molecule has 1 aliphatic heterocycles. The van der Waals surface area contributed by atoms with Crippen LogP contribution >= 0.6 is 0 Å². The van der Waals surface area contributed by atoms with Crippen LogP contribution in [0.3, 0.4) is 0 Å². The normalized spacial score (nSPS) is 19.1. The molecule has 1 spiro atoms. The molecule has 2 N–H and O–H groups in total. The molecule has 1 saturated carbocycles. The SMILES string of the molecule is Cc1ccc2[nH]c(=O)n(-c3ccc(C(=O)CN4C(=O)NC5(CCC(F)(F)CC5)C4=O)cc3)c2n1. The van der Waals surface area contributed by atoms with E-state index in [1.54, 1.807) is 24.3 Å². The number of hydrogen-bond donors (Lipinski definition) is 2. The quantitative estimate of drug-likeness (QED) is 0.450. The third-order valence-electron chi connectivity index (χ3n) is 6.50. The summed E-state index contributed by atoms with van der Waals surface area (Å²) in [5.41, 5.74) is 0.732. The van der Waals surface area contributed by atoms with Crippen molar-refractivity contribution < 1.29 is 23.2 Å². The zero-order valence-corrected chi connectivity index (χ0v) is 18.2. The summed E-state index contributed by atoms with van der Waals surface area (Å²) in [5, 5.41) is 2.52. The number of urea groups is 1. The third kappa shape index (κ3) is 3.57. The maximum Gasteiger partial charge on any atom is 0.332 e. The van der Waals surface area contributed by atoms with E-state index in [0.29, 0.717) is 16.9 Å². The number of imidazole rings is 1. The average Bonchev–Trinajstić information content (AvgIpc) is 3.24. The number of amides is 3. The van der Waals surface area contributed by atoms with E-state index in [-0.39, 0.29) is 24.1 Å². The van der Waals surface area contributed by atoms with Crippen LogP contribution in [-0.2, 0) is 4.79 Å². The summed E-state index contributed by atoms with van der Waals surface area (Å²) in [6, 6.07) is 8.91. The van der Waals surface area contributed by atoms with Crippen LogP contribution in [0, 0.1) is 6.92 Å². The van der Waals surface area contributed by atoms with Crippen molar-refractivity contribution in [2.75, 3.05) is 6.54 Å². The third-order valence-corrected chi connectivity index (χ3v) is 6.50. The van der Waals surface area contributed by atoms with Crippen molar-refractivity contribution in [1.82, 2.24) is 24.8 Å². The minimum atomic E-state index is -2.86. The smallest absolute Gasteiger partial charge is 0.323 e. The molecule has 34 heavy (non-hydrogen) atoms. The number of benzene rings is 1. The lowest BCUT2D eigenvalue weighted by Crippen LogP contribution is -2.51. The van der Waals surface area contributed by atoms with Gasteiger partial charge in [-0.05, 0) is 56.2 Å². The number of nitrogens with one attached hydrogen (secondary N) is 2. The first-order chi connectivity index (χ1) is 16.1. The number of pyridine rings is 1. The van der Waals surface area contributed by atoms with Crippen LogP contribution in [-0.4, -0.2) is 55.2 Å². The van der Waals surface area contributed by atoms with Crippen LogP contribution in [0.15, 0.2) is 41.2 Å². The van der Waals surface area contributed by atoms with Crippen LogP contribution in [0.5, 0.6) is 0 Å². The van der Waals surface area contributed by atoms with Gasteiger partial charge in [-0.1, -0.05) is 0 Å². The number of imide groups is 1. The van der Waals surface area contributed by atoms with E-state index in [2.05, 4.69) is 15.3 Å². The van der Waals surface area contributed by atoms with E-state index in [4.69, 9.17) is 0 Å². The molecule has 2 fully saturated rings. The van der Waals surface area contributed by atoms with Crippen LogP contribution in [0.2, 0.25) is 0 Å². The molecule has 1 aliphatic carbocycles. The Morgan fingerprint density at radius 1 is 1.03 bits per heavy atom. The molecule has 3 amide bonds. The number of alkyl halides is 2. The van der Waals surface area contributed by atoms with Gasteiger partial charge >= 0.3 is 11.7 Å². The highest BCUT2D eigenvalue weighted by Gasteiger charge is 2.55. The standard InChI is InChI=1S/C23H21F2N5O4/c1-13-2-7-16-18(26-13)30(20(33)27-16)15-5-3-14(4-6-15)17(31)12-29-19(32)22(28-21(29)34)8-10-23(24,25)11-9-22/h2-7H,8-12H2,1H3,(H,27,33)(H,28,34). The number of aryl methyl sites for hydroxylation is 1. The summed E-state index contributed by atoms with van der Waals surface area (Å²) in [6.45, 7) is 1.30. The minimum Gasteiger partial charge on any atom is -0.323 e. The number of nitrogens with zero attached hydrogens (tertiary/aromatic N) is 3. The molecule has 0 atom stereocenters. The number of aromatic nitrogens is 3. The van der Waals surface area contributed by atoms with Gasteiger partial charge in [-0.15, -0.1) is 0 Å². The highest BCUT2D eigenvalue weighted by molar-refractivity contribution is 6.11. The number of fused-ring (bicyclic) bond motifs is 1. The van der Waals surface area contributed by atoms with Gasteiger partial charge in [-0.3, -0.25) is 14.5 Å². The van der Waals surface area contributed by atoms with E-state index in [9.17, 15) is 28.0 Å². The first-order valence-electron chi connectivity index (χ1n) is 10.8. The van der Waals surface area contributed by atoms with E-state index in [0.717, 1.165) is 10.6 Å². The zero-order chi connectivity index (χ0) is 24.3. The molecule has 1 saturated heterocycles. The molecule has 0 unspecified atom stereocenters. The highest BCUT2D eigenvalue weighted by Crippen LogP contribution is 2.41. The molecule has 5 rings (SSSR count). The molecule has 3 heterocycles. The van der Waals surface area contributed by atoms with Crippen LogP contribution in [0.25, 0.3) is 16.9 Å². The van der Waals surface area contributed by atoms with Gasteiger partial charge in [0.15, 0.2) is 11.4 Å². The van der Waals surface area contributed by atoms with E-state index in [1.165, 1.54) is 16.7 Å². The maximum atomic E-state index is 13.5. The van der Waals surface area contributed by atoms with Gasteiger partial charge in [0.1, 0.15) is 5.54 Å². The molecule has 176 valence electrons. The number of ketones is 1. The van der Waals surface area contributed by atoms with E-state index < -0.39 is 48.6 Å². The Labute approximate surface area is 191 Å². The Bertz CT molecular complexity index is 1380. The van der Waals surface area contributed by atoms with Crippen LogP contribution in [0.4, 0.5) is 13.6 Å². The fourth-order valence-electron chi connectivity index (χ4n) is 4.55. The second-order valence-electron chi connectivity index (χ2n) is 8.82. The fraction of sp³-hybridized carbons (Fsp3) is 0.348. The fourth-order valence-corrected chi connectivity index (χ4v) is 4.55. The van der Waals surface area contributed by atoms with Gasteiger partial charge in [-0.25, -0.2) is 27.9 Å². The van der Waals surface area contributed by atoms with E-state index in [1.807, 2.05) is 6.92 Å². The van der Waals surface area contributed by atoms with Crippen LogP contribution in [0.1, 0.15) is 41.7 Å². The van der Waals surface area contributed by atoms with Crippen molar-refractivity contribution in [2.24, 2.45) is 0 Å². The topological polar surface area (TPSA) is 117 Å². The zero-order valence-electron chi connectivity index (χ0n) is 18.2. The summed E-state index contributed by atoms with van der Waals surface area (Å²) in [5.74, 6) is -4.00. The molecule has 3 aromatic rings. The summed E-state index contributed by atoms with van der Waals surface area (Å²) in [4.78, 5) is 58.4. The number of carbonyl (C=O) groups is 3. The molecular formula is C23H21F2N5O4. The van der Waals surface area contributed by atoms with Crippen molar-refractivity contribution in [3.8, 4) is 5.69 Å². The summed E-state index contributed by atoms with van der Waals surface area (Å²) in [7, 11) is 0. The molecule has 2 aromatic heterocycles. The molecule has 0 radical (unpaired) electrons. The van der Waals surface area contributed by atoms with Gasteiger partial charge in [0.25, 0.3) is 5.91 Å². The Hall–Kier alpha value is -3.89. The molecular weight excluding hydrogens is 448 g/mol. The summed E-state index contributed by atoms with van der Waals surface area (Å²) in [6.07, 6.45) is -1.33. The minimum absolute atomic E-state index is 0.170. The Kier molecular flexibility index (Phi) is 4.88. The first-order valence-corrected chi connectivity index (χ1v) is 10.8. The average molecular weight is 469 g/mol. The number of carbonyl (C=O) groups excluding carboxylic acids is 3. The number of hydrogen-bond acceptors (Lipinski definition) is 5. The first kappa shape index (κ1) is 21.9.